The summed E-state index contributed by atoms with van der Waals surface area (Å²) in [5.74, 6) is -3.08. The summed E-state index contributed by atoms with van der Waals surface area (Å²) in [6, 6.07) is 10.8. The zero-order valence-electron chi connectivity index (χ0n) is 16.1. The summed E-state index contributed by atoms with van der Waals surface area (Å²) < 4.78 is 5.81. The number of rotatable bonds is 5. The van der Waals surface area contributed by atoms with E-state index in [-0.39, 0.29) is 18.0 Å². The number of hydrazone groups is 1. The first kappa shape index (κ1) is 20.7. The van der Waals surface area contributed by atoms with Crippen LogP contribution in [0.1, 0.15) is 6.92 Å². The number of halogens is 1. The lowest BCUT2D eigenvalue weighted by molar-refractivity contribution is -0.384. The highest BCUT2D eigenvalue weighted by Crippen LogP contribution is 2.38. The van der Waals surface area contributed by atoms with Crippen LogP contribution in [0.2, 0.25) is 0 Å². The average molecular weight is 487 g/mol. The molecule has 4 rings (SSSR count). The molecule has 2 aliphatic heterocycles. The van der Waals surface area contributed by atoms with Crippen LogP contribution in [-0.2, 0) is 19.1 Å². The third-order valence-electron chi connectivity index (χ3n) is 4.94. The number of benzene rings is 2. The number of esters is 1. The molecule has 0 N–H and O–H groups in total. The Hall–Kier alpha value is -3.60. The smallest absolute Gasteiger partial charge is 0.355 e. The maximum absolute atomic E-state index is 13.3. The number of nitro groups is 1. The van der Waals surface area contributed by atoms with Crippen LogP contribution >= 0.6 is 15.9 Å². The van der Waals surface area contributed by atoms with Crippen LogP contribution in [0.5, 0.6) is 0 Å². The molecule has 2 aliphatic rings. The van der Waals surface area contributed by atoms with Crippen molar-refractivity contribution in [2.45, 2.75) is 13.0 Å². The molecule has 158 valence electrons. The number of hydrogen-bond donors (Lipinski definition) is 0. The number of fused-ring (bicyclic) bond motifs is 1. The predicted molar refractivity (Wildman–Crippen MR) is 114 cm³/mol. The number of carbonyl (C=O) groups excluding carboxylic acids is 3. The van der Waals surface area contributed by atoms with E-state index in [1.807, 2.05) is 0 Å². The quantitative estimate of drug-likeness (QED) is 0.275. The third kappa shape index (κ3) is 3.46. The summed E-state index contributed by atoms with van der Waals surface area (Å²) in [5.41, 5.74) is 0.376. The molecule has 2 atom stereocenters. The Kier molecular flexibility index (Phi) is 5.27. The molecule has 2 heterocycles. The van der Waals surface area contributed by atoms with Gasteiger partial charge in [0.05, 0.1) is 22.9 Å². The summed E-state index contributed by atoms with van der Waals surface area (Å²) in [6.07, 6.45) is 0. The van der Waals surface area contributed by atoms with Gasteiger partial charge in [0.2, 0.25) is 5.91 Å². The van der Waals surface area contributed by atoms with Gasteiger partial charge in [-0.1, -0.05) is 15.9 Å². The summed E-state index contributed by atoms with van der Waals surface area (Å²) in [5, 5.41) is 16.4. The van der Waals surface area contributed by atoms with Crippen LogP contribution in [0, 0.1) is 16.0 Å². The highest BCUT2D eigenvalue weighted by atomic mass is 79.9. The minimum absolute atomic E-state index is 0.0747. The molecule has 0 saturated carbocycles. The van der Waals surface area contributed by atoms with Crippen LogP contribution in [0.15, 0.2) is 58.1 Å². The summed E-state index contributed by atoms with van der Waals surface area (Å²) in [7, 11) is 0. The van der Waals surface area contributed by atoms with Gasteiger partial charge in [0.25, 0.3) is 11.6 Å². The largest absolute Gasteiger partial charge is 0.461 e. The Bertz CT molecular complexity index is 1120. The molecule has 2 aromatic carbocycles. The molecule has 0 bridgehead atoms. The fourth-order valence-corrected chi connectivity index (χ4v) is 3.84. The Morgan fingerprint density at radius 1 is 1.10 bits per heavy atom. The van der Waals surface area contributed by atoms with Crippen molar-refractivity contribution < 1.29 is 24.0 Å². The lowest BCUT2D eigenvalue weighted by atomic mass is 9.97. The number of imide groups is 1. The van der Waals surface area contributed by atoms with Gasteiger partial charge >= 0.3 is 5.97 Å². The first-order valence-electron chi connectivity index (χ1n) is 9.26. The Labute approximate surface area is 184 Å². The number of non-ortho nitro benzene ring substituents is 1. The van der Waals surface area contributed by atoms with Crippen molar-refractivity contribution in [2.24, 2.45) is 11.0 Å². The topological polar surface area (TPSA) is 122 Å². The highest BCUT2D eigenvalue weighted by Gasteiger charge is 2.59. The van der Waals surface area contributed by atoms with E-state index in [4.69, 9.17) is 4.74 Å². The molecule has 2 amide bonds. The molecule has 31 heavy (non-hydrogen) atoms. The predicted octanol–water partition coefficient (Wildman–Crippen LogP) is 2.65. The van der Waals surface area contributed by atoms with Gasteiger partial charge < -0.3 is 4.74 Å². The van der Waals surface area contributed by atoms with Gasteiger partial charge in [0.1, 0.15) is 12.0 Å². The molecular formula is C20H15BrN4O6. The first-order valence-corrected chi connectivity index (χ1v) is 10.1. The summed E-state index contributed by atoms with van der Waals surface area (Å²) in [6.45, 7) is 1.69. The van der Waals surface area contributed by atoms with Gasteiger partial charge in [0, 0.05) is 16.6 Å². The first-order chi connectivity index (χ1) is 14.8. The van der Waals surface area contributed by atoms with Crippen LogP contribution < -0.4 is 9.91 Å². The highest BCUT2D eigenvalue weighted by molar-refractivity contribution is 9.10. The van der Waals surface area contributed by atoms with Crippen LogP contribution in [-0.4, -0.2) is 41.1 Å². The molecule has 0 aromatic heterocycles. The molecule has 10 nitrogen and oxygen atoms in total. The summed E-state index contributed by atoms with van der Waals surface area (Å²) >= 11 is 3.31. The van der Waals surface area contributed by atoms with Gasteiger partial charge in [-0.05, 0) is 43.3 Å². The molecule has 0 spiro atoms. The Morgan fingerprint density at radius 3 is 2.29 bits per heavy atom. The fraction of sp³-hybridized carbons (Fsp3) is 0.200. The maximum atomic E-state index is 13.3. The van der Waals surface area contributed by atoms with Crippen molar-refractivity contribution in [1.82, 2.24) is 0 Å². The van der Waals surface area contributed by atoms with Gasteiger partial charge in [-0.3, -0.25) is 24.7 Å². The number of ether oxygens (including phenoxy) is 1. The molecule has 0 radical (unpaired) electrons. The Balaban J connectivity index is 1.77. The lowest BCUT2D eigenvalue weighted by Crippen LogP contribution is -2.39. The lowest BCUT2D eigenvalue weighted by Gasteiger charge is -2.22. The number of nitro benzene ring substituents is 1. The van der Waals surface area contributed by atoms with Crippen molar-refractivity contribution in [3.05, 3.63) is 63.1 Å². The SMILES string of the molecule is CCOC(=O)C1=NN(c2ccc([N+](=O)[O-])cc2)[C@H]2C(=O)N(c3ccc(Br)cc3)C(=O)[C@H]12. The van der Waals surface area contributed by atoms with Crippen molar-refractivity contribution >= 4 is 56.5 Å². The second-order valence-corrected chi connectivity index (χ2v) is 7.65. The molecule has 11 heteroatoms. The van der Waals surface area contributed by atoms with E-state index in [1.165, 1.54) is 29.3 Å². The van der Waals surface area contributed by atoms with E-state index < -0.39 is 34.7 Å². The number of nitrogens with zero attached hydrogens (tertiary/aromatic N) is 4. The second kappa shape index (κ2) is 7.91. The summed E-state index contributed by atoms with van der Waals surface area (Å²) in [4.78, 5) is 50.4. The van der Waals surface area contributed by atoms with E-state index in [0.29, 0.717) is 11.4 Å². The standard InChI is InChI=1S/C20H15BrN4O6/c1-2-31-20(28)16-15-17(24(22-16)13-7-9-14(10-8-13)25(29)30)19(27)23(18(15)26)12-5-3-11(21)4-6-12/h3-10,15,17H,2H2,1H3/t15-,17-/m1/s1. The number of amides is 2. The fourth-order valence-electron chi connectivity index (χ4n) is 3.57. The van der Waals surface area contributed by atoms with Crippen molar-refractivity contribution in [1.29, 1.82) is 0 Å². The average Bonchev–Trinajstić information content (AvgIpc) is 3.26. The number of anilines is 2. The number of carbonyl (C=O) groups is 3. The van der Waals surface area contributed by atoms with Gasteiger partial charge in [0.15, 0.2) is 5.71 Å². The normalized spacial score (nSPS) is 20.0. The molecule has 1 saturated heterocycles. The monoisotopic (exact) mass is 486 g/mol. The van der Waals surface area contributed by atoms with Crippen molar-refractivity contribution in [3.8, 4) is 0 Å². The van der Waals surface area contributed by atoms with E-state index in [1.54, 1.807) is 31.2 Å². The van der Waals surface area contributed by atoms with Crippen molar-refractivity contribution in [2.75, 3.05) is 16.5 Å². The van der Waals surface area contributed by atoms with Crippen molar-refractivity contribution in [3.63, 3.8) is 0 Å². The van der Waals surface area contributed by atoms with E-state index >= 15 is 0 Å². The molecule has 0 unspecified atom stereocenters. The minimum Gasteiger partial charge on any atom is -0.461 e. The van der Waals surface area contributed by atoms with Gasteiger partial charge in [-0.2, -0.15) is 5.10 Å². The zero-order valence-corrected chi connectivity index (χ0v) is 17.7. The van der Waals surface area contributed by atoms with Crippen LogP contribution in [0.25, 0.3) is 0 Å². The number of hydrogen-bond acceptors (Lipinski definition) is 8. The molecule has 1 fully saturated rings. The zero-order chi connectivity index (χ0) is 22.3. The minimum atomic E-state index is -1.15. The van der Waals surface area contributed by atoms with Crippen LogP contribution in [0.4, 0.5) is 17.1 Å². The van der Waals surface area contributed by atoms with Gasteiger partial charge in [-0.15, -0.1) is 0 Å². The third-order valence-corrected chi connectivity index (χ3v) is 5.47. The molecule has 2 aromatic rings. The second-order valence-electron chi connectivity index (χ2n) is 6.73. The van der Waals surface area contributed by atoms with Crippen LogP contribution in [0.3, 0.4) is 0 Å². The molecule has 0 aliphatic carbocycles. The Morgan fingerprint density at radius 2 is 1.71 bits per heavy atom. The van der Waals surface area contributed by atoms with Gasteiger partial charge in [-0.25, -0.2) is 9.69 Å². The van der Waals surface area contributed by atoms with E-state index in [2.05, 4.69) is 21.0 Å². The van der Waals surface area contributed by atoms with E-state index in [0.717, 1.165) is 9.37 Å². The maximum Gasteiger partial charge on any atom is 0.355 e. The molecular weight excluding hydrogens is 472 g/mol. The van der Waals surface area contributed by atoms with E-state index in [9.17, 15) is 24.5 Å².